The van der Waals surface area contributed by atoms with Gasteiger partial charge in [-0.2, -0.15) is 5.10 Å². The highest BCUT2D eigenvalue weighted by molar-refractivity contribution is 7.25. The second-order valence-corrected chi connectivity index (χ2v) is 3.62. The summed E-state index contributed by atoms with van der Waals surface area (Å²) in [5.74, 6) is 1.79. The Balaban J connectivity index is 2.41. The smallest absolute Gasteiger partial charge is 0.123 e. The molecule has 0 N–H and O–H groups in total. The van der Waals surface area contributed by atoms with Gasteiger partial charge in [-0.1, -0.05) is 0 Å². The SMILES string of the molecule is Cc1cpn(-c2ccc(F)cc2)n1. The third kappa shape index (κ3) is 1.76. The molecule has 4 heteroatoms. The van der Waals surface area contributed by atoms with Crippen molar-refractivity contribution < 1.29 is 4.39 Å². The zero-order chi connectivity index (χ0) is 9.26. The van der Waals surface area contributed by atoms with E-state index in [4.69, 9.17) is 0 Å². The molecule has 0 atom stereocenters. The molecule has 0 spiro atoms. The number of halogens is 1. The van der Waals surface area contributed by atoms with Crippen molar-refractivity contribution in [2.45, 2.75) is 6.92 Å². The fraction of sp³-hybridized carbons (Fsp3) is 0.111. The van der Waals surface area contributed by atoms with Crippen LogP contribution in [-0.4, -0.2) is 9.54 Å². The third-order valence-corrected chi connectivity index (χ3v) is 2.69. The summed E-state index contributed by atoms with van der Waals surface area (Å²) in [5.41, 5.74) is 1.90. The van der Waals surface area contributed by atoms with Gasteiger partial charge in [0.15, 0.2) is 0 Å². The zero-order valence-corrected chi connectivity index (χ0v) is 8.00. The highest BCUT2D eigenvalue weighted by Gasteiger charge is 1.98. The van der Waals surface area contributed by atoms with Gasteiger partial charge >= 0.3 is 0 Å². The topological polar surface area (TPSA) is 17.8 Å². The van der Waals surface area contributed by atoms with Crippen molar-refractivity contribution in [1.29, 1.82) is 0 Å². The molecule has 0 saturated carbocycles. The van der Waals surface area contributed by atoms with Crippen molar-refractivity contribution in [1.82, 2.24) is 9.54 Å². The molecule has 66 valence electrons. The Kier molecular flexibility index (Phi) is 2.11. The Hall–Kier alpha value is -1.21. The van der Waals surface area contributed by atoms with Crippen LogP contribution in [0.5, 0.6) is 0 Å². The molecule has 0 aliphatic carbocycles. The van der Waals surface area contributed by atoms with Crippen LogP contribution in [0.15, 0.2) is 30.1 Å². The number of aryl methyl sites for hydroxylation is 1. The number of aromatic nitrogens is 2. The summed E-state index contributed by atoms with van der Waals surface area (Å²) in [5, 5.41) is 4.25. The highest BCUT2D eigenvalue weighted by atomic mass is 31.0. The predicted molar refractivity (Wildman–Crippen MR) is 50.8 cm³/mol. The molecule has 0 radical (unpaired) electrons. The van der Waals surface area contributed by atoms with E-state index < -0.39 is 0 Å². The summed E-state index contributed by atoms with van der Waals surface area (Å²) in [6, 6.07) is 6.32. The maximum Gasteiger partial charge on any atom is 0.123 e. The predicted octanol–water partition coefficient (Wildman–Crippen LogP) is 2.90. The van der Waals surface area contributed by atoms with Crippen molar-refractivity contribution in [2.24, 2.45) is 0 Å². The van der Waals surface area contributed by atoms with Crippen LogP contribution < -0.4 is 0 Å². The summed E-state index contributed by atoms with van der Waals surface area (Å²) in [6.45, 7) is 1.94. The van der Waals surface area contributed by atoms with Gasteiger partial charge in [0.25, 0.3) is 0 Å². The number of hydrogen-bond donors (Lipinski definition) is 0. The first kappa shape index (κ1) is 8.39. The third-order valence-electron chi connectivity index (χ3n) is 1.66. The lowest BCUT2D eigenvalue weighted by atomic mass is 10.3. The standard InChI is InChI=1S/C9H8FN2P/c1-7-6-13-12(11-7)9-4-2-8(10)3-5-9/h2-6H,1H3. The summed E-state index contributed by atoms with van der Waals surface area (Å²) < 4.78 is 14.4. The maximum absolute atomic E-state index is 12.6. The van der Waals surface area contributed by atoms with Gasteiger partial charge in [-0.05, 0) is 31.2 Å². The van der Waals surface area contributed by atoms with E-state index in [0.29, 0.717) is 0 Å². The summed E-state index contributed by atoms with van der Waals surface area (Å²) >= 11 is 0. The summed E-state index contributed by atoms with van der Waals surface area (Å²) in [7, 11) is 1.01. The molecule has 0 aliphatic rings. The average Bonchev–Trinajstić information content (AvgIpc) is 2.53. The van der Waals surface area contributed by atoms with E-state index in [1.807, 2.05) is 17.2 Å². The van der Waals surface area contributed by atoms with E-state index in [0.717, 1.165) is 19.7 Å². The van der Waals surface area contributed by atoms with Crippen LogP contribution in [0, 0.1) is 12.7 Å². The van der Waals surface area contributed by atoms with Gasteiger partial charge in [0.1, 0.15) is 5.82 Å². The highest BCUT2D eigenvalue weighted by Crippen LogP contribution is 2.15. The minimum Gasteiger partial charge on any atom is -0.215 e. The van der Waals surface area contributed by atoms with Crippen LogP contribution in [0.4, 0.5) is 4.39 Å². The van der Waals surface area contributed by atoms with Crippen LogP contribution in [0.2, 0.25) is 0 Å². The van der Waals surface area contributed by atoms with E-state index >= 15 is 0 Å². The Bertz CT molecular complexity index is 408. The van der Waals surface area contributed by atoms with Crippen LogP contribution in [0.3, 0.4) is 0 Å². The van der Waals surface area contributed by atoms with Gasteiger partial charge in [0.05, 0.1) is 11.4 Å². The van der Waals surface area contributed by atoms with Crippen molar-refractivity contribution in [3.8, 4) is 5.69 Å². The second-order valence-electron chi connectivity index (χ2n) is 2.75. The first-order valence-corrected chi connectivity index (χ1v) is 4.82. The fourth-order valence-electron chi connectivity index (χ4n) is 1.04. The van der Waals surface area contributed by atoms with Crippen molar-refractivity contribution >= 4 is 8.35 Å². The van der Waals surface area contributed by atoms with Gasteiger partial charge in [-0.3, -0.25) is 0 Å². The van der Waals surface area contributed by atoms with Gasteiger partial charge in [-0.15, -0.1) is 0 Å². The van der Waals surface area contributed by atoms with E-state index in [1.54, 1.807) is 12.1 Å². The first-order chi connectivity index (χ1) is 6.25. The second kappa shape index (κ2) is 3.27. The van der Waals surface area contributed by atoms with Crippen LogP contribution in [0.1, 0.15) is 5.69 Å². The summed E-state index contributed by atoms with van der Waals surface area (Å²) in [6.07, 6.45) is 0. The van der Waals surface area contributed by atoms with E-state index in [9.17, 15) is 4.39 Å². The maximum atomic E-state index is 12.6. The van der Waals surface area contributed by atoms with Gasteiger partial charge < -0.3 is 0 Å². The van der Waals surface area contributed by atoms with Crippen molar-refractivity contribution in [2.75, 3.05) is 0 Å². The van der Waals surface area contributed by atoms with Crippen LogP contribution in [-0.2, 0) is 0 Å². The molecule has 0 aliphatic heterocycles. The Morgan fingerprint density at radius 3 is 2.54 bits per heavy atom. The van der Waals surface area contributed by atoms with E-state index in [2.05, 4.69) is 5.10 Å². The first-order valence-electron chi connectivity index (χ1n) is 3.90. The summed E-state index contributed by atoms with van der Waals surface area (Å²) in [4.78, 5) is 0. The van der Waals surface area contributed by atoms with E-state index in [-0.39, 0.29) is 5.82 Å². The quantitative estimate of drug-likeness (QED) is 0.682. The van der Waals surface area contributed by atoms with Gasteiger partial charge in [0.2, 0.25) is 0 Å². The molecule has 13 heavy (non-hydrogen) atoms. The molecule has 0 saturated heterocycles. The molecule has 2 rings (SSSR count). The molecule has 0 unspecified atom stereocenters. The molecular formula is C9H8FN2P. The molecule has 2 nitrogen and oxygen atoms in total. The average molecular weight is 194 g/mol. The molecule has 0 amide bonds. The van der Waals surface area contributed by atoms with Crippen molar-refractivity contribution in [3.63, 3.8) is 0 Å². The molecule has 1 aromatic carbocycles. The normalized spacial score (nSPS) is 10.9. The lowest BCUT2D eigenvalue weighted by molar-refractivity contribution is 0.627. The molecular weight excluding hydrogens is 186 g/mol. The Morgan fingerprint density at radius 2 is 2.00 bits per heavy atom. The monoisotopic (exact) mass is 194 g/mol. The van der Waals surface area contributed by atoms with Crippen LogP contribution >= 0.6 is 8.35 Å². The van der Waals surface area contributed by atoms with Gasteiger partial charge in [-0.25, -0.2) is 8.83 Å². The minimum absolute atomic E-state index is 0.218. The Morgan fingerprint density at radius 1 is 1.31 bits per heavy atom. The largest absolute Gasteiger partial charge is 0.215 e. The molecule has 1 heterocycles. The zero-order valence-electron chi connectivity index (χ0n) is 7.11. The molecule has 2 aromatic rings. The molecule has 1 aromatic heterocycles. The fourth-order valence-corrected chi connectivity index (χ4v) is 1.83. The number of hydrogen-bond acceptors (Lipinski definition) is 1. The molecule has 0 fully saturated rings. The number of nitrogens with zero attached hydrogens (tertiary/aromatic N) is 2. The number of benzene rings is 1. The Labute approximate surface area is 77.2 Å². The van der Waals surface area contributed by atoms with Crippen molar-refractivity contribution in [3.05, 3.63) is 41.6 Å². The lowest BCUT2D eigenvalue weighted by Gasteiger charge is -1.98. The number of rotatable bonds is 1. The van der Waals surface area contributed by atoms with Crippen LogP contribution in [0.25, 0.3) is 5.69 Å². The van der Waals surface area contributed by atoms with E-state index in [1.165, 1.54) is 12.1 Å². The lowest BCUT2D eigenvalue weighted by Crippen LogP contribution is -1.91. The minimum atomic E-state index is -0.218. The van der Waals surface area contributed by atoms with Gasteiger partial charge in [0, 0.05) is 14.1 Å². The molecule has 0 bridgehead atoms.